The molecular weight excluding hydrogens is 400 g/mol. The van der Waals surface area contributed by atoms with Crippen LogP contribution in [-0.4, -0.2) is 39.3 Å². The Balaban J connectivity index is 2.14. The zero-order valence-electron chi connectivity index (χ0n) is 18.6. The summed E-state index contributed by atoms with van der Waals surface area (Å²) in [5.74, 6) is 0.378. The lowest BCUT2D eigenvalue weighted by Crippen LogP contribution is -2.52. The first-order valence-corrected chi connectivity index (χ1v) is 11.9. The van der Waals surface area contributed by atoms with Gasteiger partial charge in [-0.05, 0) is 69.5 Å². The van der Waals surface area contributed by atoms with Gasteiger partial charge in [0, 0.05) is 0 Å². The Morgan fingerprint density at radius 1 is 1.07 bits per heavy atom. The SMILES string of the molecule is CC[C@H](C(=O)N[C@H](C)COc1ccc(C)cc1)N(c1ccc(C)c(C)c1)S(C)(=O)=O. The number of nitrogens with zero attached hydrogens (tertiary/aromatic N) is 1. The van der Waals surface area contributed by atoms with Crippen molar-refractivity contribution in [3.63, 3.8) is 0 Å². The number of benzene rings is 2. The fourth-order valence-corrected chi connectivity index (χ4v) is 4.36. The molecule has 0 saturated carbocycles. The summed E-state index contributed by atoms with van der Waals surface area (Å²) in [6, 6.07) is 12.0. The van der Waals surface area contributed by atoms with Crippen molar-refractivity contribution in [2.75, 3.05) is 17.2 Å². The predicted octanol–water partition coefficient (Wildman–Crippen LogP) is 3.74. The van der Waals surface area contributed by atoms with Crippen LogP contribution in [0.1, 0.15) is 37.0 Å². The van der Waals surface area contributed by atoms with Crippen molar-refractivity contribution in [2.45, 2.75) is 53.1 Å². The third-order valence-electron chi connectivity index (χ3n) is 4.98. The number of nitrogens with one attached hydrogen (secondary N) is 1. The number of carbonyl (C=O) groups excluding carboxylic acids is 1. The number of hydrogen-bond acceptors (Lipinski definition) is 4. The van der Waals surface area contributed by atoms with E-state index >= 15 is 0 Å². The molecule has 2 rings (SSSR count). The monoisotopic (exact) mass is 432 g/mol. The lowest BCUT2D eigenvalue weighted by atomic mass is 10.1. The van der Waals surface area contributed by atoms with Crippen LogP contribution in [0.15, 0.2) is 42.5 Å². The van der Waals surface area contributed by atoms with E-state index in [4.69, 9.17) is 4.74 Å². The first-order valence-electron chi connectivity index (χ1n) is 10.1. The second kappa shape index (κ2) is 9.98. The van der Waals surface area contributed by atoms with Gasteiger partial charge in [0.1, 0.15) is 18.4 Å². The summed E-state index contributed by atoms with van der Waals surface area (Å²) in [6.45, 7) is 9.80. The van der Waals surface area contributed by atoms with Crippen molar-refractivity contribution in [1.82, 2.24) is 5.32 Å². The van der Waals surface area contributed by atoms with Gasteiger partial charge in [-0.25, -0.2) is 8.42 Å². The summed E-state index contributed by atoms with van der Waals surface area (Å²) < 4.78 is 32.1. The fourth-order valence-electron chi connectivity index (χ4n) is 3.16. The minimum atomic E-state index is -3.66. The van der Waals surface area contributed by atoms with Crippen LogP contribution in [-0.2, 0) is 14.8 Å². The van der Waals surface area contributed by atoms with Crippen molar-refractivity contribution < 1.29 is 17.9 Å². The Kier molecular flexibility index (Phi) is 7.89. The molecule has 0 aliphatic rings. The zero-order chi connectivity index (χ0) is 22.5. The lowest BCUT2D eigenvalue weighted by molar-refractivity contribution is -0.123. The quantitative estimate of drug-likeness (QED) is 0.655. The Morgan fingerprint density at radius 3 is 2.23 bits per heavy atom. The van der Waals surface area contributed by atoms with Crippen LogP contribution in [0.4, 0.5) is 5.69 Å². The highest BCUT2D eigenvalue weighted by Gasteiger charge is 2.32. The maximum Gasteiger partial charge on any atom is 0.244 e. The van der Waals surface area contributed by atoms with Gasteiger partial charge in [0.25, 0.3) is 0 Å². The average molecular weight is 433 g/mol. The topological polar surface area (TPSA) is 75.7 Å². The van der Waals surface area contributed by atoms with Crippen molar-refractivity contribution in [3.8, 4) is 5.75 Å². The van der Waals surface area contributed by atoms with Crippen LogP contribution in [0.3, 0.4) is 0 Å². The second-order valence-corrected chi connectivity index (χ2v) is 9.64. The van der Waals surface area contributed by atoms with Crippen LogP contribution >= 0.6 is 0 Å². The molecule has 0 saturated heterocycles. The van der Waals surface area contributed by atoms with Gasteiger partial charge < -0.3 is 10.1 Å². The molecule has 0 radical (unpaired) electrons. The second-order valence-electron chi connectivity index (χ2n) is 7.79. The average Bonchev–Trinajstić information content (AvgIpc) is 2.66. The van der Waals surface area contributed by atoms with E-state index < -0.39 is 16.1 Å². The number of amides is 1. The molecule has 0 aliphatic heterocycles. The highest BCUT2D eigenvalue weighted by Crippen LogP contribution is 2.25. The molecule has 2 aromatic rings. The van der Waals surface area contributed by atoms with E-state index in [0.29, 0.717) is 12.1 Å². The molecule has 164 valence electrons. The van der Waals surface area contributed by atoms with Crippen molar-refractivity contribution in [1.29, 1.82) is 0 Å². The summed E-state index contributed by atoms with van der Waals surface area (Å²) in [5.41, 5.74) is 3.66. The van der Waals surface area contributed by atoms with Crippen molar-refractivity contribution in [3.05, 3.63) is 59.2 Å². The highest BCUT2D eigenvalue weighted by atomic mass is 32.2. The number of carbonyl (C=O) groups is 1. The first kappa shape index (κ1) is 23.7. The summed E-state index contributed by atoms with van der Waals surface area (Å²) in [7, 11) is -3.66. The number of ether oxygens (including phenoxy) is 1. The molecule has 0 heterocycles. The molecule has 0 unspecified atom stereocenters. The maximum absolute atomic E-state index is 13.0. The van der Waals surface area contributed by atoms with E-state index in [1.807, 2.05) is 58.0 Å². The summed E-state index contributed by atoms with van der Waals surface area (Å²) >= 11 is 0. The molecule has 0 fully saturated rings. The molecule has 30 heavy (non-hydrogen) atoms. The highest BCUT2D eigenvalue weighted by molar-refractivity contribution is 7.92. The minimum Gasteiger partial charge on any atom is -0.491 e. The third-order valence-corrected chi connectivity index (χ3v) is 6.16. The zero-order valence-corrected chi connectivity index (χ0v) is 19.4. The van der Waals surface area contributed by atoms with Crippen LogP contribution in [0, 0.1) is 20.8 Å². The van der Waals surface area contributed by atoms with E-state index in [1.54, 1.807) is 19.1 Å². The molecule has 0 aromatic heterocycles. The lowest BCUT2D eigenvalue weighted by Gasteiger charge is -2.31. The van der Waals surface area contributed by atoms with Gasteiger partial charge in [-0.1, -0.05) is 30.7 Å². The van der Waals surface area contributed by atoms with Crippen LogP contribution in [0.2, 0.25) is 0 Å². The predicted molar refractivity (Wildman–Crippen MR) is 122 cm³/mol. The normalized spacial score (nSPS) is 13.4. The summed E-state index contributed by atoms with van der Waals surface area (Å²) in [4.78, 5) is 13.0. The molecule has 7 heteroatoms. The van der Waals surface area contributed by atoms with Gasteiger partial charge >= 0.3 is 0 Å². The third kappa shape index (κ3) is 6.23. The molecule has 0 bridgehead atoms. The van der Waals surface area contributed by atoms with Gasteiger partial charge in [0.15, 0.2) is 0 Å². The minimum absolute atomic E-state index is 0.283. The Morgan fingerprint density at radius 2 is 1.70 bits per heavy atom. The van der Waals surface area contributed by atoms with Crippen LogP contribution < -0.4 is 14.4 Å². The maximum atomic E-state index is 13.0. The number of rotatable bonds is 9. The number of aryl methyl sites for hydroxylation is 3. The van der Waals surface area contributed by atoms with E-state index in [1.165, 1.54) is 4.31 Å². The molecule has 6 nitrogen and oxygen atoms in total. The van der Waals surface area contributed by atoms with E-state index in [-0.39, 0.29) is 18.6 Å². The van der Waals surface area contributed by atoms with Gasteiger partial charge in [-0.2, -0.15) is 0 Å². The first-order chi connectivity index (χ1) is 14.0. The molecule has 2 aromatic carbocycles. The fraction of sp³-hybridized carbons (Fsp3) is 0.435. The Bertz CT molecular complexity index is 971. The summed E-state index contributed by atoms with van der Waals surface area (Å²) in [5, 5.41) is 2.89. The van der Waals surface area contributed by atoms with E-state index in [2.05, 4.69) is 5.32 Å². The molecular formula is C23H32N2O4S. The van der Waals surface area contributed by atoms with Gasteiger partial charge in [0.2, 0.25) is 15.9 Å². The standard InChI is InChI=1S/C23H32N2O4S/c1-7-22(25(30(6,27)28)20-11-10-17(3)18(4)14-20)23(26)24-19(5)15-29-21-12-8-16(2)9-13-21/h8-14,19,22H,7,15H2,1-6H3,(H,24,26)/t19-,22-/m1/s1. The molecule has 0 aliphatic carbocycles. The van der Waals surface area contributed by atoms with Gasteiger partial charge in [0.05, 0.1) is 18.0 Å². The van der Waals surface area contributed by atoms with Crippen LogP contribution in [0.25, 0.3) is 0 Å². The molecule has 0 spiro atoms. The molecule has 2 atom stereocenters. The number of hydrogen-bond donors (Lipinski definition) is 1. The van der Waals surface area contributed by atoms with Crippen molar-refractivity contribution >= 4 is 21.6 Å². The van der Waals surface area contributed by atoms with Crippen LogP contribution in [0.5, 0.6) is 5.75 Å². The van der Waals surface area contributed by atoms with Gasteiger partial charge in [-0.15, -0.1) is 0 Å². The Labute approximate surface area is 180 Å². The summed E-state index contributed by atoms with van der Waals surface area (Å²) in [6.07, 6.45) is 1.47. The smallest absolute Gasteiger partial charge is 0.244 e. The number of sulfonamides is 1. The Hall–Kier alpha value is -2.54. The molecule has 1 amide bonds. The number of anilines is 1. The largest absolute Gasteiger partial charge is 0.491 e. The van der Waals surface area contributed by atoms with Crippen molar-refractivity contribution in [2.24, 2.45) is 0 Å². The molecule has 1 N–H and O–H groups in total. The van der Waals surface area contributed by atoms with Gasteiger partial charge in [-0.3, -0.25) is 9.10 Å². The van der Waals surface area contributed by atoms with E-state index in [0.717, 1.165) is 28.7 Å². The van der Waals surface area contributed by atoms with E-state index in [9.17, 15) is 13.2 Å².